The van der Waals surface area contributed by atoms with Crippen molar-refractivity contribution in [3.63, 3.8) is 0 Å². The molecule has 0 bridgehead atoms. The molecule has 4 aliphatic rings. The molecule has 4 aromatic carbocycles. The zero-order valence-corrected chi connectivity index (χ0v) is 36.9. The summed E-state index contributed by atoms with van der Waals surface area (Å²) in [5.74, 6) is 10.1. The summed E-state index contributed by atoms with van der Waals surface area (Å²) in [7, 11) is 7.94. The summed E-state index contributed by atoms with van der Waals surface area (Å²) in [6.45, 7) is 3.92. The minimum atomic E-state index is -1.26. The van der Waals surface area contributed by atoms with E-state index < -0.39 is 11.9 Å². The molecule has 12 nitrogen and oxygen atoms in total. The number of amides is 2. The van der Waals surface area contributed by atoms with Gasteiger partial charge in [0.1, 0.15) is 0 Å². The van der Waals surface area contributed by atoms with Crippen LogP contribution in [0.4, 0.5) is 34.1 Å². The molecule has 0 radical (unpaired) electrons. The van der Waals surface area contributed by atoms with E-state index in [1.54, 1.807) is 9.80 Å². The molecule has 4 aromatic rings. The van der Waals surface area contributed by atoms with E-state index in [0.29, 0.717) is 38.3 Å². The number of carbonyl (C=O) groups excluding carboxylic acids is 2. The third-order valence-electron chi connectivity index (χ3n) is 9.86. The third kappa shape index (κ3) is 9.92. The van der Waals surface area contributed by atoms with Crippen LogP contribution in [-0.4, -0.2) is 111 Å². The van der Waals surface area contributed by atoms with Crippen LogP contribution in [0.3, 0.4) is 0 Å². The molecule has 2 N–H and O–H groups in total. The summed E-state index contributed by atoms with van der Waals surface area (Å²) in [5, 5.41) is 15.6. The van der Waals surface area contributed by atoms with Crippen molar-refractivity contribution in [2.24, 2.45) is 0 Å². The lowest BCUT2D eigenvalue weighted by Gasteiger charge is -2.24. The van der Waals surface area contributed by atoms with Gasteiger partial charge in [-0.15, -0.1) is 0 Å². The fourth-order valence-corrected chi connectivity index (χ4v) is 7.98. The highest BCUT2D eigenvalue weighted by Gasteiger charge is 2.36. The number of fused-ring (bicyclic) bond motifs is 4. The summed E-state index contributed by atoms with van der Waals surface area (Å²) in [6, 6.07) is 24.4. The normalized spacial score (nSPS) is 14.0. The van der Waals surface area contributed by atoms with Crippen molar-refractivity contribution >= 4 is 89.7 Å². The molecule has 14 heteroatoms. The van der Waals surface area contributed by atoms with Gasteiger partial charge in [0.25, 0.3) is 11.8 Å². The summed E-state index contributed by atoms with van der Waals surface area (Å²) in [6.07, 6.45) is 3.05. The van der Waals surface area contributed by atoms with Gasteiger partial charge in [0.15, 0.2) is 0 Å². The number of anilines is 6. The Kier molecular flexibility index (Phi) is 14.2. The van der Waals surface area contributed by atoms with Gasteiger partial charge in [-0.1, -0.05) is 79.8 Å². The second-order valence-corrected chi connectivity index (χ2v) is 16.5. The lowest BCUT2D eigenvalue weighted by molar-refractivity contribution is -0.134. The molecule has 0 saturated heterocycles. The van der Waals surface area contributed by atoms with E-state index in [9.17, 15) is 19.2 Å². The Balaban J connectivity index is 0.000000171. The number of benzene rings is 4. The zero-order chi connectivity index (χ0) is 43.1. The van der Waals surface area contributed by atoms with Crippen LogP contribution < -0.4 is 19.6 Å². The van der Waals surface area contributed by atoms with Crippen LogP contribution in [0.25, 0.3) is 0 Å². The Morgan fingerprint density at radius 3 is 1.38 bits per heavy atom. The smallest absolute Gasteiger partial charge is 0.328 e. The second-order valence-electron chi connectivity index (χ2n) is 14.7. The largest absolute Gasteiger partial charge is 0.478 e. The highest BCUT2D eigenvalue weighted by Crippen LogP contribution is 2.47. The highest BCUT2D eigenvalue weighted by molar-refractivity contribution is 9.10. The van der Waals surface area contributed by atoms with Gasteiger partial charge in [0.2, 0.25) is 0 Å². The monoisotopic (exact) mass is 934 g/mol. The molecule has 0 saturated carbocycles. The van der Waals surface area contributed by atoms with E-state index in [0.717, 1.165) is 80.1 Å². The molecule has 60 heavy (non-hydrogen) atoms. The SMILES string of the molecule is CN(C)CC#CCN1C(=O)c2cccc3c2N(CC3)c2ccc(Br)cc21.CN(C)CC#CCN1C(=O)c2cccc3c2N(CC3)c2ccc(Br)cc21.O=C(O)/C=C/C(=O)O. The number of aliphatic carboxylic acids is 2. The quantitative estimate of drug-likeness (QED) is 0.154. The van der Waals surface area contributed by atoms with E-state index in [4.69, 9.17) is 10.2 Å². The molecule has 308 valence electrons. The maximum atomic E-state index is 13.4. The van der Waals surface area contributed by atoms with Crippen molar-refractivity contribution in [1.82, 2.24) is 9.80 Å². The lowest BCUT2D eigenvalue weighted by atomic mass is 10.1. The Morgan fingerprint density at radius 2 is 1.02 bits per heavy atom. The van der Waals surface area contributed by atoms with Gasteiger partial charge >= 0.3 is 11.9 Å². The van der Waals surface area contributed by atoms with Gasteiger partial charge in [-0.05, 0) is 101 Å². The van der Waals surface area contributed by atoms with E-state index >= 15 is 0 Å². The van der Waals surface area contributed by atoms with Crippen molar-refractivity contribution in [1.29, 1.82) is 0 Å². The number of carboxylic acid groups (broad SMARTS) is 2. The number of carbonyl (C=O) groups is 4. The van der Waals surface area contributed by atoms with Gasteiger partial charge in [-0.2, -0.15) is 0 Å². The number of nitrogens with zero attached hydrogens (tertiary/aromatic N) is 6. The first-order valence-electron chi connectivity index (χ1n) is 19.1. The third-order valence-corrected chi connectivity index (χ3v) is 10.8. The van der Waals surface area contributed by atoms with Crippen LogP contribution in [0.1, 0.15) is 31.8 Å². The van der Waals surface area contributed by atoms with Crippen LogP contribution >= 0.6 is 31.9 Å². The van der Waals surface area contributed by atoms with E-state index in [-0.39, 0.29) is 11.8 Å². The highest BCUT2D eigenvalue weighted by atomic mass is 79.9. The average molecular weight is 937 g/mol. The minimum absolute atomic E-state index is 0.0183. The average Bonchev–Trinajstić information content (AvgIpc) is 3.81. The predicted octanol–water partition coefficient (Wildman–Crippen LogP) is 7.05. The van der Waals surface area contributed by atoms with Crippen LogP contribution in [0.5, 0.6) is 0 Å². The Bertz CT molecular complexity index is 2330. The van der Waals surface area contributed by atoms with Gasteiger partial charge in [0, 0.05) is 34.2 Å². The molecule has 0 atom stereocenters. The van der Waals surface area contributed by atoms with Crippen molar-refractivity contribution < 1.29 is 29.4 Å². The molecule has 8 rings (SSSR count). The summed E-state index contributed by atoms with van der Waals surface area (Å²) < 4.78 is 1.92. The molecule has 0 unspecified atom stereocenters. The molecule has 0 spiro atoms. The number of halogens is 2. The number of rotatable bonds is 6. The molecule has 0 aliphatic carbocycles. The zero-order valence-electron chi connectivity index (χ0n) is 33.7. The molecule has 4 heterocycles. The number of para-hydroxylation sites is 2. The standard InChI is InChI=1S/2C21H20BrN3O.C4H4O4/c2*1-23(2)11-3-4-12-25-19-14-16(22)8-9-18(19)24-13-10-15-6-5-7-17(20(15)24)21(25)26;5-3(6)1-2-4(7)8/h2*5-9,14H,10-13H2,1-2H3;1-2H,(H,5,6)(H,7,8)/b;;2-1+. The topological polar surface area (TPSA) is 128 Å². The fraction of sp³-hybridized carbons (Fsp3) is 0.261. The minimum Gasteiger partial charge on any atom is -0.478 e. The Hall–Kier alpha value is -5.90. The second kappa shape index (κ2) is 19.4. The van der Waals surface area contributed by atoms with Crippen LogP contribution in [0.2, 0.25) is 0 Å². The maximum absolute atomic E-state index is 13.4. The first kappa shape index (κ1) is 43.7. The van der Waals surface area contributed by atoms with Crippen molar-refractivity contribution in [3.05, 3.63) is 116 Å². The van der Waals surface area contributed by atoms with Crippen molar-refractivity contribution in [2.75, 3.05) is 87.1 Å². The summed E-state index contributed by atoms with van der Waals surface area (Å²) >= 11 is 7.11. The summed E-state index contributed by atoms with van der Waals surface area (Å²) in [4.78, 5) is 58.0. The molecule has 4 aliphatic heterocycles. The summed E-state index contributed by atoms with van der Waals surface area (Å²) in [5.41, 5.74) is 10.1. The number of hydrogen-bond donors (Lipinski definition) is 2. The van der Waals surface area contributed by atoms with Gasteiger partial charge in [0.05, 0.1) is 71.4 Å². The van der Waals surface area contributed by atoms with Crippen LogP contribution in [0.15, 0.2) is 93.9 Å². The Labute approximate surface area is 366 Å². The lowest BCUT2D eigenvalue weighted by Crippen LogP contribution is -2.31. The van der Waals surface area contributed by atoms with Crippen LogP contribution in [-0.2, 0) is 22.4 Å². The number of carboxylic acids is 2. The molecular weight excluding hydrogens is 892 g/mol. The maximum Gasteiger partial charge on any atom is 0.328 e. The molecule has 2 amide bonds. The van der Waals surface area contributed by atoms with E-state index in [1.807, 2.05) is 86.5 Å². The first-order valence-corrected chi connectivity index (χ1v) is 20.7. The fourth-order valence-electron chi connectivity index (χ4n) is 7.28. The molecular formula is C46H44Br2N6O6. The predicted molar refractivity (Wildman–Crippen MR) is 243 cm³/mol. The van der Waals surface area contributed by atoms with Crippen LogP contribution in [0, 0.1) is 23.7 Å². The molecule has 0 aromatic heterocycles. The van der Waals surface area contributed by atoms with Crippen molar-refractivity contribution in [2.45, 2.75) is 12.8 Å². The van der Waals surface area contributed by atoms with Crippen molar-refractivity contribution in [3.8, 4) is 23.7 Å². The van der Waals surface area contributed by atoms with Gasteiger partial charge < -0.3 is 20.0 Å². The first-order chi connectivity index (χ1) is 28.7. The van der Waals surface area contributed by atoms with E-state index in [1.165, 1.54) is 11.1 Å². The van der Waals surface area contributed by atoms with Gasteiger partial charge in [-0.25, -0.2) is 9.59 Å². The van der Waals surface area contributed by atoms with Gasteiger partial charge in [-0.3, -0.25) is 29.2 Å². The molecule has 0 fully saturated rings. The van der Waals surface area contributed by atoms with E-state index in [2.05, 4.69) is 89.6 Å². The Morgan fingerprint density at radius 1 is 0.617 bits per heavy atom. The number of hydrogen-bond acceptors (Lipinski definition) is 8.